The van der Waals surface area contributed by atoms with Crippen molar-refractivity contribution in [2.45, 2.75) is 19.3 Å². The molecule has 0 saturated carbocycles. The van der Waals surface area contributed by atoms with Gasteiger partial charge in [-0.25, -0.2) is 4.79 Å². The molecule has 38 heavy (non-hydrogen) atoms. The van der Waals surface area contributed by atoms with E-state index in [9.17, 15) is 14.4 Å². The summed E-state index contributed by atoms with van der Waals surface area (Å²) < 4.78 is 22.2. The number of amides is 1. The molecule has 0 heterocycles. The van der Waals surface area contributed by atoms with Crippen LogP contribution >= 0.6 is 11.6 Å². The summed E-state index contributed by atoms with van der Waals surface area (Å²) in [7, 11) is 3.12. The van der Waals surface area contributed by atoms with Crippen LogP contribution in [0.1, 0.15) is 21.5 Å². The van der Waals surface area contributed by atoms with Crippen molar-refractivity contribution in [3.63, 3.8) is 0 Å². The lowest BCUT2D eigenvalue weighted by Gasteiger charge is -2.17. The van der Waals surface area contributed by atoms with Gasteiger partial charge in [-0.3, -0.25) is 9.59 Å². The molecule has 0 aromatic heterocycles. The molecular weight excluding hydrogens is 518 g/mol. The number of methoxy groups -OCH3 is 2. The number of nitrogens with one attached hydrogen (secondary N) is 1. The zero-order valence-corrected chi connectivity index (χ0v) is 21.4. The van der Waals surface area contributed by atoms with Gasteiger partial charge in [0.05, 0.1) is 31.4 Å². The molecule has 0 radical (unpaired) electrons. The number of carbonyl (C=O) groups is 3. The van der Waals surface area contributed by atoms with E-state index in [0.29, 0.717) is 11.5 Å². The lowest BCUT2D eigenvalue weighted by atomic mass is 10.1. The SMILES string of the molecule is COc1ccc(COc2ccc(C(=O)C(=O)N[C@@H](CO)C(=O)O)c(Cl)c2OCc2ccc(OC)cc2)cc1. The molecule has 0 spiro atoms. The smallest absolute Gasteiger partial charge is 0.328 e. The van der Waals surface area contributed by atoms with E-state index in [1.165, 1.54) is 12.1 Å². The molecule has 0 saturated heterocycles. The Labute approximate surface area is 223 Å². The number of carboxylic acids is 1. The predicted octanol–water partition coefficient (Wildman–Crippen LogP) is 3.26. The summed E-state index contributed by atoms with van der Waals surface area (Å²) in [5, 5.41) is 19.9. The van der Waals surface area contributed by atoms with Crippen LogP contribution in [0.15, 0.2) is 60.7 Å². The molecule has 200 valence electrons. The van der Waals surface area contributed by atoms with Gasteiger partial charge in [0.2, 0.25) is 0 Å². The molecule has 1 atom stereocenters. The molecule has 0 unspecified atom stereocenters. The van der Waals surface area contributed by atoms with Crippen molar-refractivity contribution in [1.82, 2.24) is 5.32 Å². The Morgan fingerprint density at radius 2 is 1.37 bits per heavy atom. The van der Waals surface area contributed by atoms with E-state index in [2.05, 4.69) is 0 Å². The van der Waals surface area contributed by atoms with E-state index in [4.69, 9.17) is 40.8 Å². The molecule has 3 N–H and O–H groups in total. The molecule has 3 rings (SSSR count). The van der Waals surface area contributed by atoms with Crippen LogP contribution in [0.3, 0.4) is 0 Å². The van der Waals surface area contributed by atoms with Gasteiger partial charge in [-0.2, -0.15) is 0 Å². The maximum Gasteiger partial charge on any atom is 0.328 e. The van der Waals surface area contributed by atoms with Crippen molar-refractivity contribution < 1.29 is 43.5 Å². The predicted molar refractivity (Wildman–Crippen MR) is 137 cm³/mol. The van der Waals surface area contributed by atoms with Crippen LogP contribution in [0.2, 0.25) is 5.02 Å². The Morgan fingerprint density at radius 3 is 1.84 bits per heavy atom. The lowest BCUT2D eigenvalue weighted by molar-refractivity contribution is -0.142. The van der Waals surface area contributed by atoms with E-state index in [-0.39, 0.29) is 35.3 Å². The van der Waals surface area contributed by atoms with Crippen molar-refractivity contribution in [3.05, 3.63) is 82.4 Å². The first-order valence-electron chi connectivity index (χ1n) is 11.3. The Kier molecular flexibility index (Phi) is 9.92. The number of ether oxygens (including phenoxy) is 4. The van der Waals surface area contributed by atoms with Crippen molar-refractivity contribution in [1.29, 1.82) is 0 Å². The Bertz CT molecular complexity index is 1280. The number of carboxylic acid groups (broad SMARTS) is 1. The Balaban J connectivity index is 1.87. The first-order valence-corrected chi connectivity index (χ1v) is 11.7. The number of rotatable bonds is 13. The van der Waals surface area contributed by atoms with Gasteiger partial charge in [-0.1, -0.05) is 35.9 Å². The van der Waals surface area contributed by atoms with Crippen LogP contribution in [0.25, 0.3) is 0 Å². The Morgan fingerprint density at radius 1 is 0.842 bits per heavy atom. The van der Waals surface area contributed by atoms with Crippen molar-refractivity contribution >= 4 is 29.3 Å². The number of Topliss-reactive ketones (excluding diaryl/α,β-unsaturated/α-hetero) is 1. The summed E-state index contributed by atoms with van der Waals surface area (Å²) in [6.07, 6.45) is 0. The van der Waals surface area contributed by atoms with Gasteiger partial charge in [-0.05, 0) is 47.5 Å². The van der Waals surface area contributed by atoms with Gasteiger partial charge in [0.25, 0.3) is 11.7 Å². The molecule has 0 bridgehead atoms. The lowest BCUT2D eigenvalue weighted by Crippen LogP contribution is -2.46. The largest absolute Gasteiger partial charge is 0.497 e. The van der Waals surface area contributed by atoms with Gasteiger partial charge < -0.3 is 34.5 Å². The monoisotopic (exact) mass is 543 g/mol. The quantitative estimate of drug-likeness (QED) is 0.219. The maximum absolute atomic E-state index is 12.8. The fourth-order valence-electron chi connectivity index (χ4n) is 3.25. The summed E-state index contributed by atoms with van der Waals surface area (Å²) >= 11 is 6.51. The number of carbonyl (C=O) groups excluding carboxylic acids is 2. The van der Waals surface area contributed by atoms with E-state index in [0.717, 1.165) is 11.1 Å². The number of hydrogen-bond donors (Lipinski definition) is 3. The highest BCUT2D eigenvalue weighted by atomic mass is 35.5. The summed E-state index contributed by atoms with van der Waals surface area (Å²) in [6, 6.07) is 15.3. The van der Waals surface area contributed by atoms with Gasteiger partial charge in [-0.15, -0.1) is 0 Å². The van der Waals surface area contributed by atoms with Gasteiger partial charge in [0, 0.05) is 0 Å². The molecule has 0 aliphatic carbocycles. The van der Waals surface area contributed by atoms with Crippen LogP contribution in [0.5, 0.6) is 23.0 Å². The molecular formula is C27H26ClNO9. The molecule has 0 aliphatic rings. The summed E-state index contributed by atoms with van der Waals surface area (Å²) in [5.41, 5.74) is 1.36. The second kappa shape index (κ2) is 13.3. The minimum absolute atomic E-state index is 0.0200. The van der Waals surface area contributed by atoms with Crippen molar-refractivity contribution in [2.75, 3.05) is 20.8 Å². The molecule has 11 heteroatoms. The summed E-state index contributed by atoms with van der Waals surface area (Å²) in [4.78, 5) is 36.3. The number of benzene rings is 3. The third-order valence-electron chi connectivity index (χ3n) is 5.39. The average Bonchev–Trinajstić information content (AvgIpc) is 2.94. The molecule has 3 aromatic rings. The van der Waals surface area contributed by atoms with Crippen LogP contribution in [0.4, 0.5) is 0 Å². The molecule has 0 aliphatic heterocycles. The van der Waals surface area contributed by atoms with E-state index >= 15 is 0 Å². The number of aliphatic carboxylic acids is 1. The van der Waals surface area contributed by atoms with E-state index in [1.54, 1.807) is 50.6 Å². The van der Waals surface area contributed by atoms with Crippen LogP contribution < -0.4 is 24.3 Å². The average molecular weight is 544 g/mol. The maximum atomic E-state index is 12.8. The van der Waals surface area contributed by atoms with Crippen LogP contribution in [-0.4, -0.2) is 54.7 Å². The summed E-state index contributed by atoms with van der Waals surface area (Å²) in [6.45, 7) is -0.696. The second-order valence-electron chi connectivity index (χ2n) is 7.90. The minimum Gasteiger partial charge on any atom is -0.497 e. The van der Waals surface area contributed by atoms with Gasteiger partial charge in [0.15, 0.2) is 17.5 Å². The van der Waals surface area contributed by atoms with Gasteiger partial charge >= 0.3 is 5.97 Å². The minimum atomic E-state index is -1.65. The molecule has 10 nitrogen and oxygen atoms in total. The zero-order chi connectivity index (χ0) is 27.7. The van der Waals surface area contributed by atoms with Crippen molar-refractivity contribution in [2.24, 2.45) is 0 Å². The van der Waals surface area contributed by atoms with Crippen LogP contribution in [0, 0.1) is 0 Å². The number of aliphatic hydroxyl groups is 1. The number of ketones is 1. The standard InChI is InChI=1S/C27H26ClNO9/c1-35-18-7-3-16(4-8-18)14-37-22-12-11-20(24(31)26(32)29-21(13-30)27(33)34)23(28)25(22)38-15-17-5-9-19(36-2)10-6-17/h3-12,21,30H,13-15H2,1-2H3,(H,29,32)(H,33,34)/t21-/m0/s1. The van der Waals surface area contributed by atoms with Gasteiger partial charge in [0.1, 0.15) is 24.7 Å². The molecule has 0 fully saturated rings. The number of hydrogen-bond acceptors (Lipinski definition) is 8. The first-order chi connectivity index (χ1) is 18.3. The third-order valence-corrected chi connectivity index (χ3v) is 5.77. The Hall–Kier alpha value is -4.28. The fourth-order valence-corrected chi connectivity index (χ4v) is 3.55. The summed E-state index contributed by atoms with van der Waals surface area (Å²) in [5.74, 6) is -2.26. The number of halogens is 1. The van der Waals surface area contributed by atoms with Crippen molar-refractivity contribution in [3.8, 4) is 23.0 Å². The normalized spacial score (nSPS) is 11.3. The highest BCUT2D eigenvalue weighted by Crippen LogP contribution is 2.39. The highest BCUT2D eigenvalue weighted by molar-refractivity contribution is 6.47. The topological polar surface area (TPSA) is 141 Å². The molecule has 3 aromatic carbocycles. The van der Waals surface area contributed by atoms with Crippen LogP contribution in [-0.2, 0) is 22.8 Å². The molecule has 1 amide bonds. The van der Waals surface area contributed by atoms with E-state index in [1.807, 2.05) is 17.4 Å². The first kappa shape index (κ1) is 28.3. The third kappa shape index (κ3) is 7.15. The number of aliphatic hydroxyl groups excluding tert-OH is 1. The fraction of sp³-hybridized carbons (Fsp3) is 0.222. The second-order valence-corrected chi connectivity index (χ2v) is 8.28. The highest BCUT2D eigenvalue weighted by Gasteiger charge is 2.27. The zero-order valence-electron chi connectivity index (χ0n) is 20.6. The van der Waals surface area contributed by atoms with E-state index < -0.39 is 30.3 Å².